The zero-order valence-corrected chi connectivity index (χ0v) is 13.3. The molecule has 3 nitrogen and oxygen atoms in total. The Balaban J connectivity index is 1.82. The minimum absolute atomic E-state index is 0.300. The van der Waals surface area contributed by atoms with E-state index >= 15 is 0 Å². The van der Waals surface area contributed by atoms with E-state index in [1.54, 1.807) is 0 Å². The average molecular weight is 299 g/mol. The van der Waals surface area contributed by atoms with Crippen molar-refractivity contribution in [3.05, 3.63) is 54.6 Å². The molecule has 2 aromatic carbocycles. The van der Waals surface area contributed by atoms with Crippen LogP contribution in [0.5, 0.6) is 5.75 Å². The summed E-state index contributed by atoms with van der Waals surface area (Å²) in [5.41, 5.74) is 2.35. The van der Waals surface area contributed by atoms with E-state index in [1.807, 2.05) is 42.5 Å². The van der Waals surface area contributed by atoms with Gasteiger partial charge in [-0.3, -0.25) is 0 Å². The SMILES string of the molecule is CC[C@H](C)NC[C@H](O)COc1ccc(-c2ccccc2)cc1. The van der Waals surface area contributed by atoms with Crippen molar-refractivity contribution in [2.45, 2.75) is 32.4 Å². The van der Waals surface area contributed by atoms with Crippen LogP contribution in [-0.4, -0.2) is 30.4 Å². The molecule has 0 aliphatic carbocycles. The lowest BCUT2D eigenvalue weighted by atomic mass is 10.1. The first kappa shape index (κ1) is 16.5. The molecule has 2 aromatic rings. The van der Waals surface area contributed by atoms with Gasteiger partial charge in [0.1, 0.15) is 18.5 Å². The molecule has 0 aromatic heterocycles. The molecular formula is C19H25NO2. The third-order valence-electron chi connectivity index (χ3n) is 3.72. The summed E-state index contributed by atoms with van der Waals surface area (Å²) in [7, 11) is 0. The van der Waals surface area contributed by atoms with Crippen LogP contribution in [0.2, 0.25) is 0 Å². The molecule has 22 heavy (non-hydrogen) atoms. The van der Waals surface area contributed by atoms with Gasteiger partial charge in [0.2, 0.25) is 0 Å². The fraction of sp³-hybridized carbons (Fsp3) is 0.368. The Morgan fingerprint density at radius 3 is 2.27 bits per heavy atom. The zero-order chi connectivity index (χ0) is 15.8. The van der Waals surface area contributed by atoms with Crippen LogP contribution in [-0.2, 0) is 0 Å². The number of ether oxygens (including phenoxy) is 1. The van der Waals surface area contributed by atoms with Crippen molar-refractivity contribution in [2.75, 3.05) is 13.2 Å². The number of aliphatic hydroxyl groups excluding tert-OH is 1. The van der Waals surface area contributed by atoms with Gasteiger partial charge in [-0.25, -0.2) is 0 Å². The van der Waals surface area contributed by atoms with Crippen molar-refractivity contribution in [3.63, 3.8) is 0 Å². The van der Waals surface area contributed by atoms with Gasteiger partial charge in [0.25, 0.3) is 0 Å². The van der Waals surface area contributed by atoms with Gasteiger partial charge in [-0.15, -0.1) is 0 Å². The largest absolute Gasteiger partial charge is 0.491 e. The molecule has 0 spiro atoms. The molecule has 2 rings (SSSR count). The summed E-state index contributed by atoms with van der Waals surface area (Å²) in [5.74, 6) is 0.780. The van der Waals surface area contributed by atoms with Crippen LogP contribution in [0.1, 0.15) is 20.3 Å². The minimum atomic E-state index is -0.497. The predicted octanol–water partition coefficient (Wildman–Crippen LogP) is 3.48. The highest BCUT2D eigenvalue weighted by atomic mass is 16.5. The second kappa shape index (κ2) is 8.57. The van der Waals surface area contributed by atoms with Crippen molar-refractivity contribution in [1.82, 2.24) is 5.32 Å². The Hall–Kier alpha value is -1.84. The highest BCUT2D eigenvalue weighted by Crippen LogP contribution is 2.22. The average Bonchev–Trinajstić information content (AvgIpc) is 2.59. The number of benzene rings is 2. The molecule has 0 heterocycles. The minimum Gasteiger partial charge on any atom is -0.491 e. The van der Waals surface area contributed by atoms with Gasteiger partial charge in [0, 0.05) is 12.6 Å². The van der Waals surface area contributed by atoms with Gasteiger partial charge in [-0.2, -0.15) is 0 Å². The Kier molecular flexibility index (Phi) is 6.44. The number of nitrogens with one attached hydrogen (secondary N) is 1. The van der Waals surface area contributed by atoms with E-state index < -0.39 is 6.10 Å². The maximum absolute atomic E-state index is 9.90. The highest BCUT2D eigenvalue weighted by Gasteiger charge is 2.07. The van der Waals surface area contributed by atoms with Crippen LogP contribution in [0, 0.1) is 0 Å². The molecule has 0 aliphatic rings. The second-order valence-corrected chi connectivity index (χ2v) is 5.57. The fourth-order valence-corrected chi connectivity index (χ4v) is 2.11. The Labute approximate surface area is 133 Å². The van der Waals surface area contributed by atoms with Gasteiger partial charge < -0.3 is 15.2 Å². The monoisotopic (exact) mass is 299 g/mol. The Morgan fingerprint density at radius 1 is 1.00 bits per heavy atom. The van der Waals surface area contributed by atoms with E-state index in [2.05, 4.69) is 31.3 Å². The van der Waals surface area contributed by atoms with Crippen LogP contribution in [0.4, 0.5) is 0 Å². The van der Waals surface area contributed by atoms with Gasteiger partial charge in [-0.05, 0) is 36.6 Å². The van der Waals surface area contributed by atoms with Crippen LogP contribution in [0.25, 0.3) is 11.1 Å². The molecule has 2 N–H and O–H groups in total. The Morgan fingerprint density at radius 2 is 1.64 bits per heavy atom. The van der Waals surface area contributed by atoms with E-state index in [0.29, 0.717) is 19.2 Å². The van der Waals surface area contributed by atoms with Crippen molar-refractivity contribution < 1.29 is 9.84 Å². The molecule has 0 saturated heterocycles. The second-order valence-electron chi connectivity index (χ2n) is 5.57. The molecule has 0 unspecified atom stereocenters. The number of hydrogen-bond acceptors (Lipinski definition) is 3. The summed E-state index contributed by atoms with van der Waals surface area (Å²) in [6, 6.07) is 18.6. The van der Waals surface area contributed by atoms with Crippen LogP contribution >= 0.6 is 0 Å². The molecular weight excluding hydrogens is 274 g/mol. The number of aliphatic hydroxyl groups is 1. The summed E-state index contributed by atoms with van der Waals surface area (Å²) in [4.78, 5) is 0. The van der Waals surface area contributed by atoms with Crippen molar-refractivity contribution >= 4 is 0 Å². The third kappa shape index (κ3) is 5.17. The summed E-state index contributed by atoms with van der Waals surface area (Å²) < 4.78 is 5.63. The van der Waals surface area contributed by atoms with E-state index in [9.17, 15) is 5.11 Å². The van der Waals surface area contributed by atoms with Crippen LogP contribution in [0.3, 0.4) is 0 Å². The zero-order valence-electron chi connectivity index (χ0n) is 13.3. The van der Waals surface area contributed by atoms with Crippen molar-refractivity contribution in [2.24, 2.45) is 0 Å². The summed E-state index contributed by atoms with van der Waals surface area (Å²) in [6.45, 7) is 5.08. The van der Waals surface area contributed by atoms with E-state index in [1.165, 1.54) is 5.56 Å². The molecule has 118 valence electrons. The first-order chi connectivity index (χ1) is 10.7. The van der Waals surface area contributed by atoms with Crippen molar-refractivity contribution in [3.8, 4) is 16.9 Å². The molecule has 0 fully saturated rings. The lowest BCUT2D eigenvalue weighted by Crippen LogP contribution is -2.36. The van der Waals surface area contributed by atoms with Gasteiger partial charge in [0.05, 0.1) is 0 Å². The maximum Gasteiger partial charge on any atom is 0.119 e. The lowest BCUT2D eigenvalue weighted by molar-refractivity contribution is 0.104. The number of hydrogen-bond donors (Lipinski definition) is 2. The fourth-order valence-electron chi connectivity index (χ4n) is 2.11. The number of rotatable bonds is 8. The molecule has 0 saturated carbocycles. The first-order valence-electron chi connectivity index (χ1n) is 7.88. The molecule has 2 atom stereocenters. The van der Waals surface area contributed by atoms with E-state index in [4.69, 9.17) is 4.74 Å². The van der Waals surface area contributed by atoms with Gasteiger partial charge in [0.15, 0.2) is 0 Å². The Bertz CT molecular complexity index is 539. The summed E-state index contributed by atoms with van der Waals surface area (Å²) in [6.07, 6.45) is 0.553. The quantitative estimate of drug-likeness (QED) is 0.784. The molecule has 0 aliphatic heterocycles. The third-order valence-corrected chi connectivity index (χ3v) is 3.72. The summed E-state index contributed by atoms with van der Waals surface area (Å²) in [5, 5.41) is 13.2. The highest BCUT2D eigenvalue weighted by molar-refractivity contribution is 5.63. The van der Waals surface area contributed by atoms with Crippen molar-refractivity contribution in [1.29, 1.82) is 0 Å². The van der Waals surface area contributed by atoms with Crippen LogP contribution in [0.15, 0.2) is 54.6 Å². The standard InChI is InChI=1S/C19H25NO2/c1-3-15(2)20-13-18(21)14-22-19-11-9-17(10-12-19)16-7-5-4-6-8-16/h4-12,15,18,20-21H,3,13-14H2,1-2H3/t15-,18-/m0/s1. The normalized spacial score (nSPS) is 13.6. The lowest BCUT2D eigenvalue weighted by Gasteiger charge is -2.16. The topological polar surface area (TPSA) is 41.5 Å². The molecule has 0 amide bonds. The van der Waals surface area contributed by atoms with E-state index in [0.717, 1.165) is 17.7 Å². The van der Waals surface area contributed by atoms with Gasteiger partial charge in [-0.1, -0.05) is 49.4 Å². The first-order valence-corrected chi connectivity index (χ1v) is 7.88. The smallest absolute Gasteiger partial charge is 0.119 e. The molecule has 0 radical (unpaired) electrons. The van der Waals surface area contributed by atoms with E-state index in [-0.39, 0.29) is 0 Å². The maximum atomic E-state index is 9.90. The van der Waals surface area contributed by atoms with Gasteiger partial charge >= 0.3 is 0 Å². The molecule has 0 bridgehead atoms. The predicted molar refractivity (Wildman–Crippen MR) is 91.1 cm³/mol. The molecule has 3 heteroatoms. The van der Waals surface area contributed by atoms with Crippen LogP contribution < -0.4 is 10.1 Å². The summed E-state index contributed by atoms with van der Waals surface area (Å²) >= 11 is 0.